The van der Waals surface area contributed by atoms with Gasteiger partial charge < -0.3 is 5.11 Å². The van der Waals surface area contributed by atoms with Gasteiger partial charge >= 0.3 is 0 Å². The second kappa shape index (κ2) is 3.31. The molecule has 2 aliphatic carbocycles. The van der Waals surface area contributed by atoms with Gasteiger partial charge in [0.25, 0.3) is 0 Å². The monoisotopic (exact) mass is 209 g/mol. The van der Waals surface area contributed by atoms with Crippen molar-refractivity contribution in [1.29, 1.82) is 0 Å². The van der Waals surface area contributed by atoms with E-state index in [-0.39, 0.29) is 6.10 Å². The van der Waals surface area contributed by atoms with E-state index >= 15 is 0 Å². The van der Waals surface area contributed by atoms with Crippen LogP contribution in [0.3, 0.4) is 0 Å². The number of thiazole rings is 1. The Labute approximate surface area is 88.0 Å². The van der Waals surface area contributed by atoms with E-state index in [0.29, 0.717) is 5.92 Å². The van der Waals surface area contributed by atoms with E-state index in [1.807, 2.05) is 11.6 Å². The normalized spacial score (nSPS) is 36.8. The summed E-state index contributed by atoms with van der Waals surface area (Å²) in [5.74, 6) is 2.49. The lowest BCUT2D eigenvalue weighted by molar-refractivity contribution is 0.104. The van der Waals surface area contributed by atoms with Crippen molar-refractivity contribution in [2.45, 2.75) is 31.8 Å². The van der Waals surface area contributed by atoms with Crippen LogP contribution in [0.2, 0.25) is 0 Å². The second-order valence-electron chi connectivity index (χ2n) is 4.68. The Hall–Kier alpha value is -0.410. The second-order valence-corrected chi connectivity index (χ2v) is 5.66. The van der Waals surface area contributed by atoms with Crippen LogP contribution in [0.4, 0.5) is 0 Å². The molecule has 0 radical (unpaired) electrons. The van der Waals surface area contributed by atoms with E-state index < -0.39 is 0 Å². The van der Waals surface area contributed by atoms with Gasteiger partial charge in [0, 0.05) is 18.0 Å². The number of aliphatic hydroxyl groups excluding tert-OH is 1. The molecule has 0 aromatic carbocycles. The lowest BCUT2D eigenvalue weighted by Gasteiger charge is -2.18. The number of nitrogens with zero attached hydrogens (tertiary/aromatic N) is 1. The van der Waals surface area contributed by atoms with Crippen molar-refractivity contribution in [3.05, 3.63) is 16.6 Å². The summed E-state index contributed by atoms with van der Waals surface area (Å²) in [4.78, 5) is 4.22. The van der Waals surface area contributed by atoms with Gasteiger partial charge in [-0.25, -0.2) is 4.98 Å². The van der Waals surface area contributed by atoms with Crippen LogP contribution in [0.25, 0.3) is 0 Å². The first kappa shape index (κ1) is 8.86. The van der Waals surface area contributed by atoms with E-state index in [1.54, 1.807) is 11.3 Å². The molecule has 2 nitrogen and oxygen atoms in total. The van der Waals surface area contributed by atoms with Gasteiger partial charge in [-0.15, -0.1) is 11.3 Å². The molecule has 0 spiro atoms. The molecule has 2 saturated carbocycles. The summed E-state index contributed by atoms with van der Waals surface area (Å²) >= 11 is 1.65. The predicted molar refractivity (Wildman–Crippen MR) is 56.1 cm³/mol. The molecule has 0 bridgehead atoms. The quantitative estimate of drug-likeness (QED) is 0.827. The van der Waals surface area contributed by atoms with Crippen LogP contribution < -0.4 is 0 Å². The van der Waals surface area contributed by atoms with Crippen molar-refractivity contribution in [1.82, 2.24) is 4.98 Å². The van der Waals surface area contributed by atoms with Crippen LogP contribution >= 0.6 is 11.3 Å². The molecule has 3 rings (SSSR count). The van der Waals surface area contributed by atoms with Crippen LogP contribution in [0.1, 0.15) is 24.3 Å². The van der Waals surface area contributed by atoms with E-state index in [9.17, 15) is 5.11 Å². The smallest absolute Gasteiger partial charge is 0.0950 e. The summed E-state index contributed by atoms with van der Waals surface area (Å²) in [6, 6.07) is 0. The van der Waals surface area contributed by atoms with Gasteiger partial charge in [-0.1, -0.05) is 0 Å². The Kier molecular flexibility index (Phi) is 2.10. The molecular formula is C11H15NOS. The number of aliphatic hydroxyl groups is 1. The van der Waals surface area contributed by atoms with Gasteiger partial charge in [-0.2, -0.15) is 0 Å². The molecule has 3 atom stereocenters. The molecule has 2 fully saturated rings. The lowest BCUT2D eigenvalue weighted by atomic mass is 9.95. The van der Waals surface area contributed by atoms with Gasteiger partial charge in [0.2, 0.25) is 0 Å². The first-order valence-corrected chi connectivity index (χ1v) is 6.27. The van der Waals surface area contributed by atoms with E-state index in [2.05, 4.69) is 4.98 Å². The fourth-order valence-corrected chi connectivity index (χ4v) is 3.44. The van der Waals surface area contributed by atoms with Crippen molar-refractivity contribution in [2.75, 3.05) is 0 Å². The molecule has 2 aliphatic rings. The van der Waals surface area contributed by atoms with Crippen LogP contribution in [0, 0.1) is 17.8 Å². The van der Waals surface area contributed by atoms with Crippen molar-refractivity contribution in [3.63, 3.8) is 0 Å². The molecular weight excluding hydrogens is 194 g/mol. The maximum absolute atomic E-state index is 10.0. The molecule has 14 heavy (non-hydrogen) atoms. The molecule has 0 aliphatic heterocycles. The third-order valence-corrected chi connectivity index (χ3v) is 4.49. The third kappa shape index (κ3) is 1.59. The van der Waals surface area contributed by atoms with Crippen molar-refractivity contribution in [2.24, 2.45) is 17.8 Å². The lowest BCUT2D eigenvalue weighted by Crippen LogP contribution is -2.21. The Balaban J connectivity index is 1.58. The summed E-state index contributed by atoms with van der Waals surface area (Å²) in [5, 5.41) is 13.1. The van der Waals surface area contributed by atoms with E-state index in [0.717, 1.165) is 23.3 Å². The third-order valence-electron chi connectivity index (χ3n) is 3.69. The largest absolute Gasteiger partial charge is 0.392 e. The first-order valence-electron chi connectivity index (χ1n) is 5.39. The summed E-state index contributed by atoms with van der Waals surface area (Å²) in [7, 11) is 0. The summed E-state index contributed by atoms with van der Waals surface area (Å²) < 4.78 is 0. The highest BCUT2D eigenvalue weighted by Gasteiger charge is 2.47. The van der Waals surface area contributed by atoms with Gasteiger partial charge in [-0.3, -0.25) is 0 Å². The number of hydrogen-bond donors (Lipinski definition) is 1. The molecule has 0 amide bonds. The number of fused-ring (bicyclic) bond motifs is 1. The molecule has 3 heteroatoms. The SMILES string of the molecule is OC(Cc1nccs1)C1CC2CC2C1. The van der Waals surface area contributed by atoms with Gasteiger partial charge in [0.15, 0.2) is 0 Å². The fraction of sp³-hybridized carbons (Fsp3) is 0.727. The molecule has 76 valence electrons. The molecule has 1 N–H and O–H groups in total. The first-order chi connectivity index (χ1) is 6.83. The van der Waals surface area contributed by atoms with E-state index in [1.165, 1.54) is 19.3 Å². The molecule has 1 aromatic heterocycles. The number of aromatic nitrogens is 1. The summed E-state index contributed by atoms with van der Waals surface area (Å²) in [6.45, 7) is 0. The number of hydrogen-bond acceptors (Lipinski definition) is 3. The zero-order valence-electron chi connectivity index (χ0n) is 8.10. The molecule has 3 unspecified atom stereocenters. The maximum atomic E-state index is 10.0. The molecule has 1 heterocycles. The van der Waals surface area contributed by atoms with Crippen LogP contribution in [0.5, 0.6) is 0 Å². The van der Waals surface area contributed by atoms with Gasteiger partial charge in [0.1, 0.15) is 0 Å². The fourth-order valence-electron chi connectivity index (χ4n) is 2.78. The van der Waals surface area contributed by atoms with Gasteiger partial charge in [-0.05, 0) is 37.0 Å². The minimum absolute atomic E-state index is 0.144. The summed E-state index contributed by atoms with van der Waals surface area (Å²) in [5.41, 5.74) is 0. The van der Waals surface area contributed by atoms with Crippen LogP contribution in [0.15, 0.2) is 11.6 Å². The molecule has 0 saturated heterocycles. The minimum atomic E-state index is -0.144. The Morgan fingerprint density at radius 3 is 2.86 bits per heavy atom. The average Bonchev–Trinajstić information content (AvgIpc) is 2.68. The van der Waals surface area contributed by atoms with Crippen LogP contribution in [-0.2, 0) is 6.42 Å². The zero-order chi connectivity index (χ0) is 9.54. The highest BCUT2D eigenvalue weighted by molar-refractivity contribution is 7.09. The van der Waals surface area contributed by atoms with Crippen molar-refractivity contribution >= 4 is 11.3 Å². The Bertz CT molecular complexity index is 301. The Morgan fingerprint density at radius 2 is 2.21 bits per heavy atom. The Morgan fingerprint density at radius 1 is 1.43 bits per heavy atom. The average molecular weight is 209 g/mol. The highest BCUT2D eigenvalue weighted by Crippen LogP contribution is 2.55. The summed E-state index contributed by atoms with van der Waals surface area (Å²) in [6.07, 6.45) is 6.39. The number of rotatable bonds is 3. The minimum Gasteiger partial charge on any atom is -0.392 e. The maximum Gasteiger partial charge on any atom is 0.0950 e. The topological polar surface area (TPSA) is 33.1 Å². The van der Waals surface area contributed by atoms with Gasteiger partial charge in [0.05, 0.1) is 11.1 Å². The highest BCUT2D eigenvalue weighted by atomic mass is 32.1. The van der Waals surface area contributed by atoms with E-state index in [4.69, 9.17) is 0 Å². The predicted octanol–water partition coefficient (Wildman–Crippen LogP) is 2.09. The molecule has 1 aromatic rings. The van der Waals surface area contributed by atoms with Crippen LogP contribution in [-0.4, -0.2) is 16.2 Å². The standard InChI is InChI=1S/C11H15NOS/c13-10(6-11-12-1-2-14-11)9-4-7-3-8(7)5-9/h1-2,7-10,13H,3-6H2. The van der Waals surface area contributed by atoms with Crippen molar-refractivity contribution in [3.8, 4) is 0 Å². The van der Waals surface area contributed by atoms with Crippen molar-refractivity contribution < 1.29 is 5.11 Å². The zero-order valence-corrected chi connectivity index (χ0v) is 8.91.